The number of carbonyl (C=O) groups excluding carboxylic acids is 1. The molecule has 0 unspecified atom stereocenters. The zero-order chi connectivity index (χ0) is 14.7. The molecular weight excluding hydrogens is 264 g/mol. The van der Waals surface area contributed by atoms with Crippen LogP contribution in [0.5, 0.6) is 0 Å². The summed E-state index contributed by atoms with van der Waals surface area (Å²) in [5.41, 5.74) is 8.36. The minimum absolute atomic E-state index is 0.248. The number of amides is 1. The highest BCUT2D eigenvalue weighted by molar-refractivity contribution is 6.03. The fraction of sp³-hybridized carbons (Fsp3) is 0.0625. The van der Waals surface area contributed by atoms with E-state index in [9.17, 15) is 4.79 Å². The van der Waals surface area contributed by atoms with E-state index in [4.69, 9.17) is 5.73 Å². The highest BCUT2D eigenvalue weighted by Gasteiger charge is 2.08. The molecule has 3 rings (SSSR count). The molecule has 0 aliphatic carbocycles. The Morgan fingerprint density at radius 1 is 1.14 bits per heavy atom. The van der Waals surface area contributed by atoms with E-state index in [1.807, 2.05) is 30.3 Å². The van der Waals surface area contributed by atoms with Crippen molar-refractivity contribution in [2.45, 2.75) is 6.54 Å². The number of nitrogens with zero attached hydrogens (tertiary/aromatic N) is 2. The minimum atomic E-state index is -0.248. The van der Waals surface area contributed by atoms with Gasteiger partial charge in [0, 0.05) is 30.0 Å². The number of hydrogen-bond acceptors (Lipinski definition) is 4. The molecule has 0 radical (unpaired) electrons. The average molecular weight is 278 g/mol. The number of pyridine rings is 2. The van der Waals surface area contributed by atoms with Gasteiger partial charge in [0.05, 0.1) is 5.52 Å². The molecule has 21 heavy (non-hydrogen) atoms. The smallest absolute Gasteiger partial charge is 0.274 e. The van der Waals surface area contributed by atoms with Crippen LogP contribution >= 0.6 is 0 Å². The standard InChI is InChI=1S/C16H14N4O/c17-9-11-3-5-15(19-10-11)16(21)20-13-4-6-14-12(8-13)2-1-7-18-14/h1-8,10H,9,17H2,(H,20,21). The van der Waals surface area contributed by atoms with Crippen molar-refractivity contribution in [3.63, 3.8) is 0 Å². The summed E-state index contributed by atoms with van der Waals surface area (Å²) >= 11 is 0. The lowest BCUT2D eigenvalue weighted by molar-refractivity contribution is 0.102. The van der Waals surface area contributed by atoms with Crippen LogP contribution in [0.2, 0.25) is 0 Å². The van der Waals surface area contributed by atoms with Crippen molar-refractivity contribution >= 4 is 22.5 Å². The van der Waals surface area contributed by atoms with Gasteiger partial charge in [0.25, 0.3) is 5.91 Å². The molecule has 104 valence electrons. The molecule has 3 N–H and O–H groups in total. The quantitative estimate of drug-likeness (QED) is 0.770. The van der Waals surface area contributed by atoms with Crippen LogP contribution in [0.25, 0.3) is 10.9 Å². The molecule has 0 saturated carbocycles. The molecule has 0 saturated heterocycles. The van der Waals surface area contributed by atoms with Crippen molar-refractivity contribution in [3.05, 3.63) is 66.1 Å². The van der Waals surface area contributed by atoms with E-state index in [1.165, 1.54) is 0 Å². The first-order chi connectivity index (χ1) is 10.3. The predicted molar refractivity (Wildman–Crippen MR) is 81.8 cm³/mol. The van der Waals surface area contributed by atoms with E-state index in [0.717, 1.165) is 16.5 Å². The third kappa shape index (κ3) is 2.88. The fourth-order valence-electron chi connectivity index (χ4n) is 2.03. The molecule has 5 nitrogen and oxygen atoms in total. The van der Waals surface area contributed by atoms with Gasteiger partial charge in [0.1, 0.15) is 5.69 Å². The highest BCUT2D eigenvalue weighted by Crippen LogP contribution is 2.17. The Bertz CT molecular complexity index is 784. The Balaban J connectivity index is 1.81. The van der Waals surface area contributed by atoms with Gasteiger partial charge in [-0.2, -0.15) is 0 Å². The predicted octanol–water partition coefficient (Wildman–Crippen LogP) is 2.34. The van der Waals surface area contributed by atoms with Crippen molar-refractivity contribution in [1.29, 1.82) is 0 Å². The number of aromatic nitrogens is 2. The summed E-state index contributed by atoms with van der Waals surface area (Å²) in [6.07, 6.45) is 3.35. The number of nitrogens with one attached hydrogen (secondary N) is 1. The molecule has 0 aliphatic rings. The summed E-state index contributed by atoms with van der Waals surface area (Å²) in [4.78, 5) is 20.5. The maximum atomic E-state index is 12.1. The third-order valence-corrected chi connectivity index (χ3v) is 3.15. The molecule has 5 heteroatoms. The minimum Gasteiger partial charge on any atom is -0.326 e. The Morgan fingerprint density at radius 3 is 2.81 bits per heavy atom. The van der Waals surface area contributed by atoms with Gasteiger partial charge in [-0.05, 0) is 35.9 Å². The Labute approximate surface area is 121 Å². The van der Waals surface area contributed by atoms with Crippen LogP contribution in [0.1, 0.15) is 16.1 Å². The second kappa shape index (κ2) is 5.68. The monoisotopic (exact) mass is 278 g/mol. The Morgan fingerprint density at radius 2 is 2.05 bits per heavy atom. The zero-order valence-electron chi connectivity index (χ0n) is 11.3. The topological polar surface area (TPSA) is 80.9 Å². The van der Waals surface area contributed by atoms with Gasteiger partial charge >= 0.3 is 0 Å². The number of benzene rings is 1. The second-order valence-electron chi connectivity index (χ2n) is 4.62. The lowest BCUT2D eigenvalue weighted by atomic mass is 10.2. The van der Waals surface area contributed by atoms with Gasteiger partial charge in [0.2, 0.25) is 0 Å². The number of nitrogens with two attached hydrogens (primary N) is 1. The third-order valence-electron chi connectivity index (χ3n) is 3.15. The van der Waals surface area contributed by atoms with E-state index < -0.39 is 0 Å². The number of hydrogen-bond donors (Lipinski definition) is 2. The molecule has 0 bridgehead atoms. The van der Waals surface area contributed by atoms with Gasteiger partial charge in [-0.15, -0.1) is 0 Å². The van der Waals surface area contributed by atoms with E-state index in [2.05, 4.69) is 15.3 Å². The Hall–Kier alpha value is -2.79. The molecule has 0 atom stereocenters. The molecule has 2 aromatic heterocycles. The maximum Gasteiger partial charge on any atom is 0.274 e. The number of fused-ring (bicyclic) bond motifs is 1. The summed E-state index contributed by atoms with van der Waals surface area (Å²) in [5.74, 6) is -0.248. The summed E-state index contributed by atoms with van der Waals surface area (Å²) in [6, 6.07) is 12.9. The summed E-state index contributed by atoms with van der Waals surface area (Å²) in [6.45, 7) is 0.409. The largest absolute Gasteiger partial charge is 0.326 e. The van der Waals surface area contributed by atoms with Crippen molar-refractivity contribution in [2.24, 2.45) is 5.73 Å². The molecule has 3 aromatic rings. The molecule has 0 aliphatic heterocycles. The fourth-order valence-corrected chi connectivity index (χ4v) is 2.03. The van der Waals surface area contributed by atoms with E-state index in [0.29, 0.717) is 17.9 Å². The van der Waals surface area contributed by atoms with Gasteiger partial charge in [-0.1, -0.05) is 12.1 Å². The molecule has 0 spiro atoms. The van der Waals surface area contributed by atoms with Crippen LogP contribution in [0, 0.1) is 0 Å². The Kier molecular flexibility index (Phi) is 3.57. The van der Waals surface area contributed by atoms with Crippen LogP contribution in [0.3, 0.4) is 0 Å². The number of carbonyl (C=O) groups is 1. The van der Waals surface area contributed by atoms with Gasteiger partial charge in [0.15, 0.2) is 0 Å². The lowest BCUT2D eigenvalue weighted by Gasteiger charge is -2.06. The number of rotatable bonds is 3. The first kappa shape index (κ1) is 13.2. The lowest BCUT2D eigenvalue weighted by Crippen LogP contribution is -2.14. The number of anilines is 1. The molecule has 1 aromatic carbocycles. The van der Waals surface area contributed by atoms with E-state index in [-0.39, 0.29) is 5.91 Å². The van der Waals surface area contributed by atoms with Crippen LogP contribution < -0.4 is 11.1 Å². The first-order valence-electron chi connectivity index (χ1n) is 6.57. The van der Waals surface area contributed by atoms with Gasteiger partial charge < -0.3 is 11.1 Å². The molecule has 2 heterocycles. The first-order valence-corrected chi connectivity index (χ1v) is 6.57. The summed E-state index contributed by atoms with van der Waals surface area (Å²) < 4.78 is 0. The molecular formula is C16H14N4O. The van der Waals surface area contributed by atoms with Crippen LogP contribution in [-0.4, -0.2) is 15.9 Å². The van der Waals surface area contributed by atoms with Crippen molar-refractivity contribution in [1.82, 2.24) is 9.97 Å². The zero-order valence-corrected chi connectivity index (χ0v) is 11.3. The second-order valence-corrected chi connectivity index (χ2v) is 4.62. The van der Waals surface area contributed by atoms with E-state index >= 15 is 0 Å². The van der Waals surface area contributed by atoms with Crippen molar-refractivity contribution in [3.8, 4) is 0 Å². The van der Waals surface area contributed by atoms with Crippen molar-refractivity contribution < 1.29 is 4.79 Å². The summed E-state index contributed by atoms with van der Waals surface area (Å²) in [5, 5.41) is 3.80. The average Bonchev–Trinajstić information content (AvgIpc) is 2.55. The normalized spacial score (nSPS) is 10.5. The van der Waals surface area contributed by atoms with Gasteiger partial charge in [-0.25, -0.2) is 0 Å². The SMILES string of the molecule is NCc1ccc(C(=O)Nc2ccc3ncccc3c2)nc1. The molecule has 0 fully saturated rings. The maximum absolute atomic E-state index is 12.1. The van der Waals surface area contributed by atoms with Crippen LogP contribution in [0.15, 0.2) is 54.9 Å². The highest BCUT2D eigenvalue weighted by atomic mass is 16.1. The van der Waals surface area contributed by atoms with E-state index in [1.54, 1.807) is 24.5 Å². The van der Waals surface area contributed by atoms with Gasteiger partial charge in [-0.3, -0.25) is 14.8 Å². The molecule has 1 amide bonds. The summed E-state index contributed by atoms with van der Waals surface area (Å²) in [7, 11) is 0. The van der Waals surface area contributed by atoms with Crippen LogP contribution in [0.4, 0.5) is 5.69 Å². The van der Waals surface area contributed by atoms with Crippen molar-refractivity contribution in [2.75, 3.05) is 5.32 Å². The van der Waals surface area contributed by atoms with Crippen LogP contribution in [-0.2, 0) is 6.54 Å².